The number of likely N-dealkylation sites (N-methyl/N-ethyl adjacent to an activating group) is 1. The molecular formula is C29H31N7O3. The van der Waals surface area contributed by atoms with Gasteiger partial charge in [0.1, 0.15) is 6.04 Å². The Bertz CT molecular complexity index is 1580. The molecule has 10 nitrogen and oxygen atoms in total. The predicted molar refractivity (Wildman–Crippen MR) is 145 cm³/mol. The van der Waals surface area contributed by atoms with Crippen LogP contribution < -0.4 is 5.32 Å². The zero-order valence-corrected chi connectivity index (χ0v) is 22.1. The third kappa shape index (κ3) is 4.83. The number of imide groups is 1. The van der Waals surface area contributed by atoms with Crippen molar-refractivity contribution in [2.75, 3.05) is 20.6 Å². The highest BCUT2D eigenvalue weighted by atomic mass is 16.2. The quantitative estimate of drug-likeness (QED) is 0.354. The summed E-state index contributed by atoms with van der Waals surface area (Å²) in [5.74, 6) is -0.834. The van der Waals surface area contributed by atoms with E-state index in [1.165, 1.54) is 5.52 Å². The lowest BCUT2D eigenvalue weighted by Gasteiger charge is -2.29. The molecule has 0 saturated carbocycles. The second-order valence-corrected chi connectivity index (χ2v) is 10.6. The van der Waals surface area contributed by atoms with Crippen LogP contribution in [0.4, 0.5) is 0 Å². The Morgan fingerprint density at radius 3 is 2.77 bits per heavy atom. The van der Waals surface area contributed by atoms with Crippen molar-refractivity contribution < 1.29 is 14.4 Å². The minimum absolute atomic E-state index is 0.154. The van der Waals surface area contributed by atoms with Crippen molar-refractivity contribution in [3.05, 3.63) is 77.2 Å². The molecule has 4 aromatic rings. The van der Waals surface area contributed by atoms with Crippen molar-refractivity contribution >= 4 is 28.6 Å². The van der Waals surface area contributed by atoms with E-state index in [-0.39, 0.29) is 18.2 Å². The van der Waals surface area contributed by atoms with Gasteiger partial charge in [-0.3, -0.25) is 19.7 Å². The molecule has 0 aliphatic carbocycles. The zero-order valence-electron chi connectivity index (χ0n) is 22.1. The number of nitrogens with zero attached hydrogens (tertiary/aromatic N) is 6. The monoisotopic (exact) mass is 525 g/mol. The number of carbonyl (C=O) groups is 3. The van der Waals surface area contributed by atoms with Gasteiger partial charge in [0.2, 0.25) is 11.8 Å². The SMILES string of the molecule is CN(C)CCn1ccc2cc(-n3cc(CCc4cccc5c4CN(C4CCC(=O)NC4=O)C5=O)nn3)ccc21. The number of rotatable bonds is 8. The predicted octanol–water partition coefficient (Wildman–Crippen LogP) is 2.33. The minimum atomic E-state index is -0.613. The van der Waals surface area contributed by atoms with Crippen LogP contribution in [0, 0.1) is 0 Å². The summed E-state index contributed by atoms with van der Waals surface area (Å²) in [7, 11) is 4.15. The van der Waals surface area contributed by atoms with E-state index < -0.39 is 11.9 Å². The van der Waals surface area contributed by atoms with Crippen molar-refractivity contribution in [1.29, 1.82) is 0 Å². The lowest BCUT2D eigenvalue weighted by molar-refractivity contribution is -0.136. The van der Waals surface area contributed by atoms with E-state index >= 15 is 0 Å². The van der Waals surface area contributed by atoms with E-state index in [4.69, 9.17) is 0 Å². The van der Waals surface area contributed by atoms with Gasteiger partial charge in [-0.25, -0.2) is 4.68 Å². The van der Waals surface area contributed by atoms with E-state index in [1.807, 2.05) is 24.4 Å². The molecule has 4 heterocycles. The van der Waals surface area contributed by atoms with Crippen LogP contribution in [0.15, 0.2) is 54.9 Å². The molecule has 2 aliphatic rings. The highest BCUT2D eigenvalue weighted by Crippen LogP contribution is 2.30. The lowest BCUT2D eigenvalue weighted by Crippen LogP contribution is -2.52. The molecule has 1 saturated heterocycles. The molecule has 6 rings (SSSR count). The molecule has 1 fully saturated rings. The summed E-state index contributed by atoms with van der Waals surface area (Å²) in [5, 5.41) is 12.3. The molecule has 1 unspecified atom stereocenters. The summed E-state index contributed by atoms with van der Waals surface area (Å²) in [6.07, 6.45) is 6.05. The molecule has 200 valence electrons. The van der Waals surface area contributed by atoms with Crippen molar-refractivity contribution in [2.45, 2.75) is 44.8 Å². The van der Waals surface area contributed by atoms with Crippen LogP contribution in [0.25, 0.3) is 16.6 Å². The van der Waals surface area contributed by atoms with Crippen LogP contribution in [0.3, 0.4) is 0 Å². The van der Waals surface area contributed by atoms with Crippen LogP contribution in [0.5, 0.6) is 0 Å². The van der Waals surface area contributed by atoms with Crippen molar-refractivity contribution in [2.24, 2.45) is 0 Å². The number of fused-ring (bicyclic) bond motifs is 2. The van der Waals surface area contributed by atoms with Gasteiger partial charge in [-0.05, 0) is 74.8 Å². The van der Waals surface area contributed by atoms with Crippen LogP contribution in [-0.2, 0) is 35.5 Å². The molecule has 0 radical (unpaired) electrons. The summed E-state index contributed by atoms with van der Waals surface area (Å²) in [6.45, 7) is 2.28. The van der Waals surface area contributed by atoms with E-state index in [1.54, 1.807) is 9.58 Å². The van der Waals surface area contributed by atoms with E-state index in [0.717, 1.165) is 41.0 Å². The molecule has 39 heavy (non-hydrogen) atoms. The highest BCUT2D eigenvalue weighted by Gasteiger charge is 2.39. The van der Waals surface area contributed by atoms with Gasteiger partial charge >= 0.3 is 0 Å². The molecule has 2 aromatic carbocycles. The third-order valence-electron chi connectivity index (χ3n) is 7.68. The number of nitrogens with one attached hydrogen (secondary N) is 1. The van der Waals surface area contributed by atoms with Crippen LogP contribution >= 0.6 is 0 Å². The summed E-state index contributed by atoms with van der Waals surface area (Å²) in [4.78, 5) is 40.8. The first kappa shape index (κ1) is 25.0. The number of piperidine rings is 1. The maximum absolute atomic E-state index is 13.1. The number of hydrogen-bond acceptors (Lipinski definition) is 6. The molecule has 1 atom stereocenters. The number of benzene rings is 2. The van der Waals surface area contributed by atoms with Gasteiger partial charge in [0.15, 0.2) is 0 Å². The summed E-state index contributed by atoms with van der Waals surface area (Å²) < 4.78 is 4.06. The summed E-state index contributed by atoms with van der Waals surface area (Å²) in [6, 6.07) is 13.6. The van der Waals surface area contributed by atoms with Crippen LogP contribution in [0.2, 0.25) is 0 Å². The molecule has 1 N–H and O–H groups in total. The summed E-state index contributed by atoms with van der Waals surface area (Å²) >= 11 is 0. The fraction of sp³-hybridized carbons (Fsp3) is 0.345. The highest BCUT2D eigenvalue weighted by molar-refractivity contribution is 6.05. The first-order valence-electron chi connectivity index (χ1n) is 13.3. The average molecular weight is 526 g/mol. The first-order chi connectivity index (χ1) is 18.9. The average Bonchev–Trinajstić information content (AvgIpc) is 3.64. The van der Waals surface area contributed by atoms with Crippen molar-refractivity contribution in [3.63, 3.8) is 0 Å². The van der Waals surface area contributed by atoms with Gasteiger partial charge in [0.25, 0.3) is 5.91 Å². The molecule has 0 spiro atoms. The number of hydrogen-bond donors (Lipinski definition) is 1. The standard InChI is InChI=1S/C29H31N7O3/c1-33(2)14-15-34-13-12-20-16-22(8-9-25(20)34)36-17-21(31-32-36)7-6-19-4-3-5-23-24(19)18-35(29(23)39)26-10-11-27(37)30-28(26)38/h3-5,8-9,12-13,16-17,26H,6-7,10-11,14-15,18H2,1-2H3,(H,30,37,38). The Kier molecular flexibility index (Phi) is 6.48. The Morgan fingerprint density at radius 2 is 1.95 bits per heavy atom. The number of aromatic nitrogens is 4. The molecule has 2 aliphatic heterocycles. The Morgan fingerprint density at radius 1 is 1.08 bits per heavy atom. The van der Waals surface area contributed by atoms with E-state index in [0.29, 0.717) is 31.4 Å². The number of aryl methyl sites for hydroxylation is 2. The van der Waals surface area contributed by atoms with E-state index in [2.05, 4.69) is 69.7 Å². The van der Waals surface area contributed by atoms with Crippen molar-refractivity contribution in [1.82, 2.24) is 34.7 Å². The van der Waals surface area contributed by atoms with Crippen molar-refractivity contribution in [3.8, 4) is 5.69 Å². The van der Waals surface area contributed by atoms with Gasteiger partial charge in [0.05, 0.1) is 17.6 Å². The normalized spacial score (nSPS) is 17.4. The van der Waals surface area contributed by atoms with Gasteiger partial charge in [-0.1, -0.05) is 17.3 Å². The van der Waals surface area contributed by atoms with Gasteiger partial charge in [-0.15, -0.1) is 5.10 Å². The van der Waals surface area contributed by atoms with E-state index in [9.17, 15) is 14.4 Å². The van der Waals surface area contributed by atoms with Gasteiger partial charge < -0.3 is 14.4 Å². The van der Waals surface area contributed by atoms with Gasteiger partial charge in [-0.2, -0.15) is 0 Å². The lowest BCUT2D eigenvalue weighted by atomic mass is 9.99. The van der Waals surface area contributed by atoms with Gasteiger partial charge in [0, 0.05) is 48.7 Å². The molecule has 2 aromatic heterocycles. The minimum Gasteiger partial charge on any atom is -0.346 e. The summed E-state index contributed by atoms with van der Waals surface area (Å²) in [5.41, 5.74) is 5.65. The smallest absolute Gasteiger partial charge is 0.255 e. The second kappa shape index (κ2) is 10.1. The number of amides is 3. The fourth-order valence-electron chi connectivity index (χ4n) is 5.52. The third-order valence-corrected chi connectivity index (χ3v) is 7.68. The maximum atomic E-state index is 13.1. The number of carbonyl (C=O) groups excluding carboxylic acids is 3. The molecular weight excluding hydrogens is 494 g/mol. The fourth-order valence-corrected chi connectivity index (χ4v) is 5.52. The Balaban J connectivity index is 1.14. The molecule has 3 amide bonds. The topological polar surface area (TPSA) is 105 Å². The van der Waals surface area contributed by atoms with Crippen LogP contribution in [0.1, 0.15) is 40.0 Å². The Hall–Kier alpha value is -4.31. The largest absolute Gasteiger partial charge is 0.346 e. The first-order valence-corrected chi connectivity index (χ1v) is 13.3. The maximum Gasteiger partial charge on any atom is 0.255 e. The second-order valence-electron chi connectivity index (χ2n) is 10.6. The zero-order chi connectivity index (χ0) is 27.1. The van der Waals surface area contributed by atoms with Crippen LogP contribution in [-0.4, -0.2) is 73.8 Å². The Labute approximate surface area is 226 Å². The molecule has 0 bridgehead atoms. The molecule has 10 heteroatoms.